The maximum absolute atomic E-state index is 13.4. The van der Waals surface area contributed by atoms with Crippen molar-refractivity contribution in [3.8, 4) is 11.1 Å². The molecular formula is C24H27FN4O. The topological polar surface area (TPSA) is 64.2 Å². The first kappa shape index (κ1) is 20.3. The minimum Gasteiger partial charge on any atom is -0.365 e. The van der Waals surface area contributed by atoms with Crippen LogP contribution in [0.25, 0.3) is 11.1 Å². The van der Waals surface area contributed by atoms with E-state index in [0.29, 0.717) is 11.5 Å². The molecule has 156 valence electrons. The first-order chi connectivity index (χ1) is 14.5. The van der Waals surface area contributed by atoms with E-state index in [2.05, 4.69) is 34.3 Å². The number of piperidine rings is 1. The van der Waals surface area contributed by atoms with Gasteiger partial charge in [0, 0.05) is 19.8 Å². The quantitative estimate of drug-likeness (QED) is 0.678. The molecule has 1 amide bonds. The Morgan fingerprint density at radius 1 is 1.13 bits per heavy atom. The normalized spacial score (nSPS) is 15.4. The van der Waals surface area contributed by atoms with Crippen LogP contribution in [0, 0.1) is 11.7 Å². The molecule has 0 bridgehead atoms. The molecule has 5 nitrogen and oxygen atoms in total. The van der Waals surface area contributed by atoms with Crippen molar-refractivity contribution in [2.75, 3.05) is 13.1 Å². The highest BCUT2D eigenvalue weighted by atomic mass is 19.1. The molecule has 2 aromatic carbocycles. The van der Waals surface area contributed by atoms with Crippen LogP contribution in [0.5, 0.6) is 0 Å². The lowest BCUT2D eigenvalue weighted by molar-refractivity contribution is 0.0998. The van der Waals surface area contributed by atoms with E-state index in [4.69, 9.17) is 5.73 Å². The SMILES string of the molecule is Cn1cc(C(N)=O)c(CC2CCN(Cc3ccc(-c4cccc(F)c4)cc3)CC2)n1. The average Bonchev–Trinajstić information content (AvgIpc) is 3.10. The monoisotopic (exact) mass is 406 g/mol. The molecule has 0 spiro atoms. The van der Waals surface area contributed by atoms with Crippen LogP contribution in [0.4, 0.5) is 4.39 Å². The number of primary amides is 1. The van der Waals surface area contributed by atoms with Gasteiger partial charge in [0.1, 0.15) is 5.82 Å². The summed E-state index contributed by atoms with van der Waals surface area (Å²) < 4.78 is 15.1. The Bertz CT molecular complexity index is 1020. The number of carbonyl (C=O) groups excluding carboxylic acids is 1. The Morgan fingerprint density at radius 2 is 1.87 bits per heavy atom. The summed E-state index contributed by atoms with van der Waals surface area (Å²) in [5.41, 5.74) is 10.0. The maximum atomic E-state index is 13.4. The lowest BCUT2D eigenvalue weighted by atomic mass is 9.91. The number of aryl methyl sites for hydroxylation is 1. The molecule has 1 aliphatic heterocycles. The van der Waals surface area contributed by atoms with Crippen LogP contribution in [-0.4, -0.2) is 33.7 Å². The van der Waals surface area contributed by atoms with Crippen LogP contribution >= 0.6 is 0 Å². The number of halogens is 1. The van der Waals surface area contributed by atoms with Gasteiger partial charge in [-0.1, -0.05) is 36.4 Å². The molecule has 30 heavy (non-hydrogen) atoms. The summed E-state index contributed by atoms with van der Waals surface area (Å²) in [6.45, 7) is 2.95. The van der Waals surface area contributed by atoms with Gasteiger partial charge in [0.05, 0.1) is 11.3 Å². The smallest absolute Gasteiger partial charge is 0.252 e. The van der Waals surface area contributed by atoms with E-state index in [9.17, 15) is 9.18 Å². The van der Waals surface area contributed by atoms with Gasteiger partial charge >= 0.3 is 0 Å². The summed E-state index contributed by atoms with van der Waals surface area (Å²) in [4.78, 5) is 14.1. The fraction of sp³-hybridized carbons (Fsp3) is 0.333. The van der Waals surface area contributed by atoms with Crippen LogP contribution in [0.1, 0.15) is 34.5 Å². The summed E-state index contributed by atoms with van der Waals surface area (Å²) in [6, 6.07) is 15.1. The molecule has 1 saturated heterocycles. The Labute approximate surface area is 176 Å². The van der Waals surface area contributed by atoms with Crippen LogP contribution in [0.3, 0.4) is 0 Å². The zero-order valence-corrected chi connectivity index (χ0v) is 17.2. The molecule has 0 radical (unpaired) electrons. The second-order valence-electron chi connectivity index (χ2n) is 8.16. The van der Waals surface area contributed by atoms with Gasteiger partial charge in [-0.2, -0.15) is 5.10 Å². The van der Waals surface area contributed by atoms with Gasteiger partial charge in [-0.25, -0.2) is 4.39 Å². The molecule has 2 heterocycles. The van der Waals surface area contributed by atoms with Crippen LogP contribution in [0.2, 0.25) is 0 Å². The Hall–Kier alpha value is -2.99. The molecule has 0 unspecified atom stereocenters. The van der Waals surface area contributed by atoms with Crippen molar-refractivity contribution in [1.29, 1.82) is 0 Å². The average molecular weight is 407 g/mol. The summed E-state index contributed by atoms with van der Waals surface area (Å²) in [5.74, 6) is -0.102. The molecule has 1 fully saturated rings. The molecule has 4 rings (SSSR count). The summed E-state index contributed by atoms with van der Waals surface area (Å²) in [6.07, 6.45) is 4.67. The minimum absolute atomic E-state index is 0.215. The molecule has 2 N–H and O–H groups in total. The van der Waals surface area contributed by atoms with Crippen molar-refractivity contribution in [2.45, 2.75) is 25.8 Å². The zero-order chi connectivity index (χ0) is 21.1. The standard InChI is InChI=1S/C24H27FN4O/c1-28-16-22(24(26)30)23(27-28)13-17-9-11-29(12-10-17)15-18-5-7-19(8-6-18)20-3-2-4-21(25)14-20/h2-8,14,16-17H,9-13,15H2,1H3,(H2,26,30). The highest BCUT2D eigenvalue weighted by molar-refractivity contribution is 5.93. The van der Waals surface area contributed by atoms with E-state index in [1.54, 1.807) is 23.0 Å². The number of rotatable bonds is 6. The Morgan fingerprint density at radius 3 is 2.53 bits per heavy atom. The van der Waals surface area contributed by atoms with E-state index < -0.39 is 5.91 Å². The molecular weight excluding hydrogens is 379 g/mol. The second kappa shape index (κ2) is 8.79. The molecule has 0 saturated carbocycles. The van der Waals surface area contributed by atoms with E-state index in [1.807, 2.05) is 13.1 Å². The number of hydrogen-bond donors (Lipinski definition) is 1. The summed E-state index contributed by atoms with van der Waals surface area (Å²) >= 11 is 0. The van der Waals surface area contributed by atoms with Gasteiger partial charge < -0.3 is 5.73 Å². The molecule has 0 aliphatic carbocycles. The highest BCUT2D eigenvalue weighted by Crippen LogP contribution is 2.25. The molecule has 0 atom stereocenters. The van der Waals surface area contributed by atoms with Crippen LogP contribution < -0.4 is 5.73 Å². The highest BCUT2D eigenvalue weighted by Gasteiger charge is 2.23. The van der Waals surface area contributed by atoms with Gasteiger partial charge in [-0.15, -0.1) is 0 Å². The van der Waals surface area contributed by atoms with E-state index in [1.165, 1.54) is 11.6 Å². The van der Waals surface area contributed by atoms with Crippen molar-refractivity contribution in [1.82, 2.24) is 14.7 Å². The first-order valence-electron chi connectivity index (χ1n) is 10.4. The number of carbonyl (C=O) groups is 1. The fourth-order valence-electron chi connectivity index (χ4n) is 4.24. The van der Waals surface area contributed by atoms with E-state index >= 15 is 0 Å². The van der Waals surface area contributed by atoms with Crippen molar-refractivity contribution in [3.05, 3.63) is 77.4 Å². The summed E-state index contributed by atoms with van der Waals surface area (Å²) in [7, 11) is 1.82. The Balaban J connectivity index is 1.31. The van der Waals surface area contributed by atoms with Gasteiger partial charge in [0.2, 0.25) is 0 Å². The number of benzene rings is 2. The molecule has 3 aromatic rings. The van der Waals surface area contributed by atoms with E-state index in [0.717, 1.165) is 55.7 Å². The van der Waals surface area contributed by atoms with Crippen molar-refractivity contribution < 1.29 is 9.18 Å². The third-order valence-electron chi connectivity index (χ3n) is 5.88. The van der Waals surface area contributed by atoms with Gasteiger partial charge in [0.15, 0.2) is 0 Å². The molecule has 1 aliphatic rings. The number of amides is 1. The first-order valence-corrected chi connectivity index (χ1v) is 10.4. The van der Waals surface area contributed by atoms with Crippen molar-refractivity contribution in [2.24, 2.45) is 18.7 Å². The lowest BCUT2D eigenvalue weighted by Gasteiger charge is -2.31. The number of nitrogens with two attached hydrogens (primary N) is 1. The van der Waals surface area contributed by atoms with Gasteiger partial charge in [0.25, 0.3) is 5.91 Å². The third-order valence-corrected chi connectivity index (χ3v) is 5.88. The largest absolute Gasteiger partial charge is 0.365 e. The number of nitrogens with zero attached hydrogens (tertiary/aromatic N) is 3. The van der Waals surface area contributed by atoms with Gasteiger partial charge in [-0.05, 0) is 67.1 Å². The third kappa shape index (κ3) is 4.76. The second-order valence-corrected chi connectivity index (χ2v) is 8.16. The van der Waals surface area contributed by atoms with Crippen molar-refractivity contribution >= 4 is 5.91 Å². The fourth-order valence-corrected chi connectivity index (χ4v) is 4.24. The van der Waals surface area contributed by atoms with E-state index in [-0.39, 0.29) is 5.82 Å². The van der Waals surface area contributed by atoms with Gasteiger partial charge in [-0.3, -0.25) is 14.4 Å². The number of aromatic nitrogens is 2. The lowest BCUT2D eigenvalue weighted by Crippen LogP contribution is -2.34. The molecule has 1 aromatic heterocycles. The zero-order valence-electron chi connectivity index (χ0n) is 17.2. The van der Waals surface area contributed by atoms with Crippen molar-refractivity contribution in [3.63, 3.8) is 0 Å². The summed E-state index contributed by atoms with van der Waals surface area (Å²) in [5, 5.41) is 4.43. The maximum Gasteiger partial charge on any atom is 0.252 e. The predicted octanol–water partition coefficient (Wildman–Crippen LogP) is 3.78. The van der Waals surface area contributed by atoms with Crippen LogP contribution in [-0.2, 0) is 20.0 Å². The predicted molar refractivity (Wildman–Crippen MR) is 115 cm³/mol. The Kier molecular flexibility index (Phi) is 5.95. The number of hydrogen-bond acceptors (Lipinski definition) is 3. The number of likely N-dealkylation sites (tertiary alicyclic amines) is 1. The molecule has 6 heteroatoms. The van der Waals surface area contributed by atoms with Crippen LogP contribution in [0.15, 0.2) is 54.7 Å². The minimum atomic E-state index is -0.405.